The lowest BCUT2D eigenvalue weighted by molar-refractivity contribution is 0.0688. The van der Waals surface area contributed by atoms with Crippen molar-refractivity contribution in [2.75, 3.05) is 18.0 Å². The zero-order valence-corrected chi connectivity index (χ0v) is 10.6. The Morgan fingerprint density at radius 1 is 1.42 bits per heavy atom. The van der Waals surface area contributed by atoms with Gasteiger partial charge in [0.05, 0.1) is 6.20 Å². The lowest BCUT2D eigenvalue weighted by Crippen LogP contribution is -2.30. The molecule has 0 aromatic carbocycles. The highest BCUT2D eigenvalue weighted by Crippen LogP contribution is 2.18. The summed E-state index contributed by atoms with van der Waals surface area (Å²) in [5, 5.41) is 13.5. The summed E-state index contributed by atoms with van der Waals surface area (Å²) in [7, 11) is 0. The molecular formula is C13H14N4O2. The van der Waals surface area contributed by atoms with Crippen molar-refractivity contribution in [1.29, 1.82) is 0 Å². The summed E-state index contributed by atoms with van der Waals surface area (Å²) >= 11 is 0. The molecular weight excluding hydrogens is 244 g/mol. The van der Waals surface area contributed by atoms with Crippen LogP contribution in [0.5, 0.6) is 0 Å². The van der Waals surface area contributed by atoms with E-state index in [0.717, 1.165) is 25.3 Å². The fourth-order valence-corrected chi connectivity index (χ4v) is 2.29. The SMILES string of the molecule is CC1=CCCN(c2ccc3ncc(C(=O)O)n3n2)C1. The number of nitrogens with zero attached hydrogens (tertiary/aromatic N) is 4. The van der Waals surface area contributed by atoms with Gasteiger partial charge >= 0.3 is 5.97 Å². The Kier molecular flexibility index (Phi) is 2.70. The van der Waals surface area contributed by atoms with Gasteiger partial charge in [0.15, 0.2) is 11.3 Å². The molecule has 1 N–H and O–H groups in total. The Morgan fingerprint density at radius 3 is 3.00 bits per heavy atom. The molecule has 1 aliphatic rings. The number of hydrogen-bond acceptors (Lipinski definition) is 4. The van der Waals surface area contributed by atoms with Crippen molar-refractivity contribution >= 4 is 17.4 Å². The van der Waals surface area contributed by atoms with Crippen LogP contribution in [0.25, 0.3) is 5.65 Å². The van der Waals surface area contributed by atoms with Crippen LogP contribution < -0.4 is 4.90 Å². The molecule has 2 aromatic heterocycles. The number of anilines is 1. The first-order valence-electron chi connectivity index (χ1n) is 6.14. The van der Waals surface area contributed by atoms with E-state index >= 15 is 0 Å². The molecule has 0 bridgehead atoms. The summed E-state index contributed by atoms with van der Waals surface area (Å²) in [4.78, 5) is 17.3. The predicted octanol–water partition coefficient (Wildman–Crippen LogP) is 1.58. The van der Waals surface area contributed by atoms with Gasteiger partial charge in [0.2, 0.25) is 0 Å². The molecule has 0 spiro atoms. The molecule has 3 rings (SSSR count). The van der Waals surface area contributed by atoms with Gasteiger partial charge in [-0.15, -0.1) is 5.10 Å². The second kappa shape index (κ2) is 4.38. The molecule has 0 fully saturated rings. The van der Waals surface area contributed by atoms with Gasteiger partial charge in [0.1, 0.15) is 5.82 Å². The van der Waals surface area contributed by atoms with Crippen molar-refractivity contribution in [1.82, 2.24) is 14.6 Å². The molecule has 3 heterocycles. The third kappa shape index (κ3) is 2.05. The Labute approximate surface area is 110 Å². The van der Waals surface area contributed by atoms with Crippen LogP contribution in [-0.2, 0) is 0 Å². The Balaban J connectivity index is 2.03. The molecule has 0 saturated heterocycles. The highest BCUT2D eigenvalue weighted by Gasteiger charge is 2.16. The molecule has 0 atom stereocenters. The number of rotatable bonds is 2. The first kappa shape index (κ1) is 11.7. The van der Waals surface area contributed by atoms with Crippen LogP contribution in [0.4, 0.5) is 5.82 Å². The first-order valence-corrected chi connectivity index (χ1v) is 6.14. The van der Waals surface area contributed by atoms with Crippen LogP contribution in [0.2, 0.25) is 0 Å². The number of carboxylic acid groups (broad SMARTS) is 1. The van der Waals surface area contributed by atoms with Gasteiger partial charge in [0, 0.05) is 13.1 Å². The first-order chi connectivity index (χ1) is 9.15. The molecule has 98 valence electrons. The number of hydrogen-bond donors (Lipinski definition) is 1. The largest absolute Gasteiger partial charge is 0.476 e. The van der Waals surface area contributed by atoms with Crippen LogP contribution in [0, 0.1) is 0 Å². The van der Waals surface area contributed by atoms with Crippen molar-refractivity contribution in [3.63, 3.8) is 0 Å². The summed E-state index contributed by atoms with van der Waals surface area (Å²) in [5.74, 6) is -0.243. The molecule has 0 radical (unpaired) electrons. The Bertz CT molecular complexity index is 674. The van der Waals surface area contributed by atoms with E-state index in [2.05, 4.69) is 28.0 Å². The molecule has 0 aliphatic carbocycles. The number of aromatic nitrogens is 3. The van der Waals surface area contributed by atoms with Gasteiger partial charge in [-0.05, 0) is 25.5 Å². The summed E-state index contributed by atoms with van der Waals surface area (Å²) in [6, 6.07) is 3.68. The average molecular weight is 258 g/mol. The predicted molar refractivity (Wildman–Crippen MR) is 70.5 cm³/mol. The minimum atomic E-state index is -1.02. The topological polar surface area (TPSA) is 70.7 Å². The van der Waals surface area contributed by atoms with E-state index in [4.69, 9.17) is 5.11 Å². The maximum atomic E-state index is 11.1. The summed E-state index contributed by atoms with van der Waals surface area (Å²) in [6.45, 7) is 3.81. The minimum Gasteiger partial charge on any atom is -0.476 e. The van der Waals surface area contributed by atoms with Gasteiger partial charge < -0.3 is 10.0 Å². The Morgan fingerprint density at radius 2 is 2.26 bits per heavy atom. The van der Waals surface area contributed by atoms with Gasteiger partial charge in [-0.2, -0.15) is 0 Å². The van der Waals surface area contributed by atoms with E-state index in [1.165, 1.54) is 16.3 Å². The van der Waals surface area contributed by atoms with Crippen LogP contribution in [0.15, 0.2) is 30.0 Å². The average Bonchev–Trinajstić information content (AvgIpc) is 2.81. The number of fused-ring (bicyclic) bond motifs is 1. The van der Waals surface area contributed by atoms with Gasteiger partial charge in [0.25, 0.3) is 0 Å². The highest BCUT2D eigenvalue weighted by molar-refractivity contribution is 5.86. The second-order valence-electron chi connectivity index (χ2n) is 4.67. The molecule has 0 saturated carbocycles. The van der Waals surface area contributed by atoms with Gasteiger partial charge in [-0.25, -0.2) is 14.3 Å². The fraction of sp³-hybridized carbons (Fsp3) is 0.308. The molecule has 0 amide bonds. The molecule has 2 aromatic rings. The standard InChI is InChI=1S/C13H14N4O2/c1-9-3-2-6-16(8-9)12-5-4-11-14-7-10(13(18)19)17(11)15-12/h3-5,7H,2,6,8H2,1H3,(H,18,19). The van der Waals surface area contributed by atoms with E-state index in [9.17, 15) is 4.79 Å². The zero-order chi connectivity index (χ0) is 13.4. The van der Waals surface area contributed by atoms with Crippen LogP contribution in [0.1, 0.15) is 23.8 Å². The van der Waals surface area contributed by atoms with E-state index < -0.39 is 5.97 Å². The van der Waals surface area contributed by atoms with Crippen molar-refractivity contribution in [2.45, 2.75) is 13.3 Å². The van der Waals surface area contributed by atoms with E-state index in [1.54, 1.807) is 6.07 Å². The van der Waals surface area contributed by atoms with Crippen molar-refractivity contribution < 1.29 is 9.90 Å². The second-order valence-corrected chi connectivity index (χ2v) is 4.67. The smallest absolute Gasteiger partial charge is 0.356 e. The van der Waals surface area contributed by atoms with E-state index in [-0.39, 0.29) is 5.69 Å². The quantitative estimate of drug-likeness (QED) is 0.828. The van der Waals surface area contributed by atoms with E-state index in [1.807, 2.05) is 6.07 Å². The number of carbonyl (C=O) groups is 1. The molecule has 1 aliphatic heterocycles. The van der Waals surface area contributed by atoms with Crippen LogP contribution in [-0.4, -0.2) is 38.8 Å². The maximum absolute atomic E-state index is 11.1. The summed E-state index contributed by atoms with van der Waals surface area (Å²) in [6.07, 6.45) is 4.53. The Hall–Kier alpha value is -2.37. The molecule has 6 nitrogen and oxygen atoms in total. The highest BCUT2D eigenvalue weighted by atomic mass is 16.4. The van der Waals surface area contributed by atoms with Gasteiger partial charge in [-0.1, -0.05) is 11.6 Å². The number of carboxylic acids is 1. The lowest BCUT2D eigenvalue weighted by atomic mass is 10.1. The van der Waals surface area contributed by atoms with Crippen molar-refractivity contribution in [3.05, 3.63) is 35.7 Å². The maximum Gasteiger partial charge on any atom is 0.356 e. The fourth-order valence-electron chi connectivity index (χ4n) is 2.29. The van der Waals surface area contributed by atoms with Crippen LogP contribution in [0.3, 0.4) is 0 Å². The molecule has 0 unspecified atom stereocenters. The van der Waals surface area contributed by atoms with Crippen molar-refractivity contribution in [2.24, 2.45) is 0 Å². The van der Waals surface area contributed by atoms with E-state index in [0.29, 0.717) is 5.65 Å². The van der Waals surface area contributed by atoms with Crippen molar-refractivity contribution in [3.8, 4) is 0 Å². The summed E-state index contributed by atoms with van der Waals surface area (Å²) in [5.41, 5.74) is 1.93. The minimum absolute atomic E-state index is 0.0844. The third-order valence-electron chi connectivity index (χ3n) is 3.22. The zero-order valence-electron chi connectivity index (χ0n) is 10.6. The van der Waals surface area contributed by atoms with Crippen LogP contribution >= 0.6 is 0 Å². The summed E-state index contributed by atoms with van der Waals surface area (Å²) < 4.78 is 1.38. The molecule has 19 heavy (non-hydrogen) atoms. The monoisotopic (exact) mass is 258 g/mol. The normalized spacial score (nSPS) is 15.6. The number of imidazole rings is 1. The lowest BCUT2D eigenvalue weighted by Gasteiger charge is -2.26. The number of aromatic carboxylic acids is 1. The third-order valence-corrected chi connectivity index (χ3v) is 3.22. The molecule has 6 heteroatoms. The van der Waals surface area contributed by atoms with Gasteiger partial charge in [-0.3, -0.25) is 0 Å².